The molecule has 0 bridgehead atoms. The zero-order valence-corrected chi connectivity index (χ0v) is 11.4. The Morgan fingerprint density at radius 2 is 2.11 bits per heavy atom. The Morgan fingerprint density at radius 1 is 1.33 bits per heavy atom. The van der Waals surface area contributed by atoms with Crippen LogP contribution in [0.5, 0.6) is 0 Å². The fourth-order valence-corrected chi connectivity index (χ4v) is 2.53. The maximum absolute atomic E-state index is 10.6. The number of hydrogen-bond acceptors (Lipinski definition) is 6. The van der Waals surface area contributed by atoms with Crippen molar-refractivity contribution in [1.29, 1.82) is 0 Å². The molecule has 0 spiro atoms. The fourth-order valence-electron chi connectivity index (χ4n) is 2.53. The molecule has 0 amide bonds. The normalized spacial score (nSPS) is 25.5. The monoisotopic (exact) mass is 254 g/mol. The maximum Gasteiger partial charge on any atom is 0.318 e. The second-order valence-corrected chi connectivity index (χ2v) is 5.41. The smallest absolute Gasteiger partial charge is 0.318 e. The summed E-state index contributed by atoms with van der Waals surface area (Å²) in [6, 6.07) is 0.571. The lowest BCUT2D eigenvalue weighted by Gasteiger charge is -2.29. The Kier molecular flexibility index (Phi) is 3.87. The zero-order chi connectivity index (χ0) is 13.2. The van der Waals surface area contributed by atoms with E-state index in [-0.39, 0.29) is 0 Å². The van der Waals surface area contributed by atoms with E-state index in [1.54, 1.807) is 6.92 Å². The minimum atomic E-state index is -0.604. The van der Waals surface area contributed by atoms with Crippen LogP contribution in [0.15, 0.2) is 4.42 Å². The number of aryl methyl sites for hydroxylation is 1. The molecular weight excluding hydrogens is 232 g/mol. The number of hydrogen-bond donors (Lipinski definition) is 1. The van der Waals surface area contributed by atoms with Crippen molar-refractivity contribution in [2.45, 2.75) is 31.8 Å². The molecule has 18 heavy (non-hydrogen) atoms. The zero-order valence-electron chi connectivity index (χ0n) is 11.4. The highest BCUT2D eigenvalue weighted by molar-refractivity contribution is 5.24. The highest BCUT2D eigenvalue weighted by Crippen LogP contribution is 2.25. The van der Waals surface area contributed by atoms with Crippen LogP contribution in [0.3, 0.4) is 0 Å². The number of anilines is 1. The molecule has 1 unspecified atom stereocenters. The lowest BCUT2D eigenvalue weighted by atomic mass is 9.94. The molecule has 6 nitrogen and oxygen atoms in total. The van der Waals surface area contributed by atoms with Gasteiger partial charge < -0.3 is 19.3 Å². The van der Waals surface area contributed by atoms with Gasteiger partial charge in [-0.05, 0) is 33.4 Å². The van der Waals surface area contributed by atoms with Gasteiger partial charge in [0.2, 0.25) is 5.89 Å². The molecule has 1 saturated heterocycles. The lowest BCUT2D eigenvalue weighted by molar-refractivity contribution is 0.00534. The van der Waals surface area contributed by atoms with Crippen LogP contribution in [0.2, 0.25) is 0 Å². The van der Waals surface area contributed by atoms with E-state index in [2.05, 4.69) is 15.1 Å². The molecule has 1 N–H and O–H groups in total. The molecule has 0 radical (unpaired) electrons. The highest BCUT2D eigenvalue weighted by Gasteiger charge is 2.31. The summed E-state index contributed by atoms with van der Waals surface area (Å²) >= 11 is 0. The van der Waals surface area contributed by atoms with Gasteiger partial charge in [0.05, 0.1) is 5.60 Å². The van der Waals surface area contributed by atoms with Crippen molar-refractivity contribution in [2.24, 2.45) is 0 Å². The van der Waals surface area contributed by atoms with E-state index >= 15 is 0 Å². The summed E-state index contributed by atoms with van der Waals surface area (Å²) in [6.45, 7) is 4.10. The number of rotatable bonds is 3. The Hall–Kier alpha value is -1.14. The molecule has 1 atom stereocenters. The number of likely N-dealkylation sites (N-methyl/N-ethyl adjacent to an activating group) is 1. The molecule has 102 valence electrons. The first-order valence-corrected chi connectivity index (χ1v) is 6.41. The molecule has 1 aliphatic rings. The molecule has 1 fully saturated rings. The Balaban J connectivity index is 2.00. The fraction of sp³-hybridized carbons (Fsp3) is 0.833. The molecule has 1 aliphatic heterocycles. The van der Waals surface area contributed by atoms with Crippen LogP contribution in [0, 0.1) is 6.92 Å². The summed E-state index contributed by atoms with van der Waals surface area (Å²) in [5, 5.41) is 18.4. The lowest BCUT2D eigenvalue weighted by Crippen LogP contribution is -2.41. The summed E-state index contributed by atoms with van der Waals surface area (Å²) in [4.78, 5) is 4.10. The predicted octanol–water partition coefficient (Wildman–Crippen LogP) is 0.661. The first-order chi connectivity index (χ1) is 8.48. The summed E-state index contributed by atoms with van der Waals surface area (Å²) in [7, 11) is 3.98. The summed E-state index contributed by atoms with van der Waals surface area (Å²) in [5.41, 5.74) is -0.604. The second kappa shape index (κ2) is 5.24. The van der Waals surface area contributed by atoms with Gasteiger partial charge in [-0.1, -0.05) is 5.10 Å². The average Bonchev–Trinajstić information content (AvgIpc) is 2.59. The van der Waals surface area contributed by atoms with Gasteiger partial charge in [0.15, 0.2) is 0 Å². The highest BCUT2D eigenvalue weighted by atomic mass is 16.4. The summed E-state index contributed by atoms with van der Waals surface area (Å²) < 4.78 is 5.44. The van der Waals surface area contributed by atoms with Crippen molar-refractivity contribution >= 4 is 6.01 Å². The third kappa shape index (κ3) is 3.20. The minimum Gasteiger partial charge on any atom is -0.408 e. The van der Waals surface area contributed by atoms with E-state index in [1.807, 2.05) is 19.0 Å². The van der Waals surface area contributed by atoms with Crippen molar-refractivity contribution < 1.29 is 9.52 Å². The summed E-state index contributed by atoms with van der Waals surface area (Å²) in [6.07, 6.45) is 2.48. The van der Waals surface area contributed by atoms with Crippen LogP contribution in [0.4, 0.5) is 6.01 Å². The minimum absolute atomic E-state index is 0.571. The van der Waals surface area contributed by atoms with E-state index in [9.17, 15) is 5.11 Å². The quantitative estimate of drug-likeness (QED) is 0.855. The predicted molar refractivity (Wildman–Crippen MR) is 68.6 cm³/mol. The Bertz CT molecular complexity index is 393. The number of nitrogens with zero attached hydrogens (tertiary/aromatic N) is 4. The number of aromatic nitrogens is 2. The van der Waals surface area contributed by atoms with Gasteiger partial charge in [0, 0.05) is 26.6 Å². The van der Waals surface area contributed by atoms with E-state index in [0.29, 0.717) is 18.5 Å². The van der Waals surface area contributed by atoms with Gasteiger partial charge in [-0.3, -0.25) is 0 Å². The van der Waals surface area contributed by atoms with Crippen LogP contribution in [-0.2, 0) is 0 Å². The molecule has 0 aliphatic carbocycles. The van der Waals surface area contributed by atoms with Crippen molar-refractivity contribution in [3.8, 4) is 0 Å². The third-order valence-corrected chi connectivity index (χ3v) is 3.31. The van der Waals surface area contributed by atoms with Gasteiger partial charge in [-0.25, -0.2) is 0 Å². The van der Waals surface area contributed by atoms with Crippen molar-refractivity contribution in [1.82, 2.24) is 15.1 Å². The molecule has 0 aromatic carbocycles. The van der Waals surface area contributed by atoms with E-state index < -0.39 is 5.60 Å². The van der Waals surface area contributed by atoms with Crippen molar-refractivity contribution in [2.75, 3.05) is 38.6 Å². The SMILES string of the molecule is Cc1nnc(N2CCCC(O)(CN(C)C)CC2)o1. The Morgan fingerprint density at radius 3 is 2.72 bits per heavy atom. The van der Waals surface area contributed by atoms with Gasteiger partial charge >= 0.3 is 6.01 Å². The third-order valence-electron chi connectivity index (χ3n) is 3.31. The number of aliphatic hydroxyl groups is 1. The van der Waals surface area contributed by atoms with Crippen LogP contribution in [0.1, 0.15) is 25.2 Å². The Labute approximate surface area is 108 Å². The molecule has 1 aromatic heterocycles. The largest absolute Gasteiger partial charge is 0.408 e. The van der Waals surface area contributed by atoms with Gasteiger partial charge in [-0.15, -0.1) is 5.10 Å². The standard InChI is InChI=1S/C12H22N4O2/c1-10-13-14-11(18-10)16-7-4-5-12(17,6-8-16)9-15(2)3/h17H,4-9H2,1-3H3. The van der Waals surface area contributed by atoms with E-state index in [1.165, 1.54) is 0 Å². The first kappa shape index (κ1) is 13.3. The van der Waals surface area contributed by atoms with Crippen LogP contribution in [-0.4, -0.2) is 59.5 Å². The average molecular weight is 254 g/mol. The molecular formula is C12H22N4O2. The molecule has 6 heteroatoms. The molecule has 0 saturated carbocycles. The van der Waals surface area contributed by atoms with E-state index in [4.69, 9.17) is 4.42 Å². The van der Waals surface area contributed by atoms with Crippen LogP contribution >= 0.6 is 0 Å². The topological polar surface area (TPSA) is 65.6 Å². The first-order valence-electron chi connectivity index (χ1n) is 6.41. The second-order valence-electron chi connectivity index (χ2n) is 5.41. The van der Waals surface area contributed by atoms with E-state index in [0.717, 1.165) is 32.4 Å². The molecule has 1 aromatic rings. The van der Waals surface area contributed by atoms with Gasteiger partial charge in [0.25, 0.3) is 0 Å². The van der Waals surface area contributed by atoms with Crippen LogP contribution in [0.25, 0.3) is 0 Å². The van der Waals surface area contributed by atoms with Gasteiger partial charge in [0.1, 0.15) is 0 Å². The maximum atomic E-state index is 10.6. The van der Waals surface area contributed by atoms with Crippen molar-refractivity contribution in [3.05, 3.63) is 5.89 Å². The summed E-state index contributed by atoms with van der Waals surface area (Å²) in [5.74, 6) is 0.581. The molecule has 2 rings (SSSR count). The molecule has 2 heterocycles. The van der Waals surface area contributed by atoms with Crippen molar-refractivity contribution in [3.63, 3.8) is 0 Å². The van der Waals surface area contributed by atoms with Gasteiger partial charge in [-0.2, -0.15) is 0 Å². The van der Waals surface area contributed by atoms with Crippen LogP contribution < -0.4 is 4.90 Å².